The first-order valence-corrected chi connectivity index (χ1v) is 10.7. The van der Waals surface area contributed by atoms with Gasteiger partial charge in [-0.15, -0.1) is 6.58 Å². The van der Waals surface area contributed by atoms with Gasteiger partial charge in [0.05, 0.1) is 17.6 Å². The highest BCUT2D eigenvalue weighted by molar-refractivity contribution is 5.81. The highest BCUT2D eigenvalue weighted by Crippen LogP contribution is 2.31. The van der Waals surface area contributed by atoms with Crippen LogP contribution in [0.3, 0.4) is 0 Å². The Hall–Kier alpha value is -3.12. The molecule has 1 fully saturated rings. The minimum Gasteiger partial charge on any atom is -0.490 e. The van der Waals surface area contributed by atoms with E-state index < -0.39 is 6.10 Å². The van der Waals surface area contributed by atoms with E-state index in [-0.39, 0.29) is 18.4 Å². The molecule has 0 bridgehead atoms. The summed E-state index contributed by atoms with van der Waals surface area (Å²) in [6, 6.07) is 13.9. The Morgan fingerprint density at radius 2 is 1.97 bits per heavy atom. The number of carbonyl (C=O) groups is 1. The second kappa shape index (κ2) is 8.94. The van der Waals surface area contributed by atoms with E-state index >= 15 is 0 Å². The fourth-order valence-electron chi connectivity index (χ4n) is 4.34. The van der Waals surface area contributed by atoms with Gasteiger partial charge in [-0.3, -0.25) is 4.79 Å². The number of fused-ring (bicyclic) bond motifs is 1. The number of hydrogen-bond donors (Lipinski definition) is 1. The maximum Gasteiger partial charge on any atom is 0.223 e. The molecule has 1 aliphatic heterocycles. The maximum absolute atomic E-state index is 12.4. The van der Waals surface area contributed by atoms with Gasteiger partial charge in [-0.2, -0.15) is 0 Å². The van der Waals surface area contributed by atoms with Gasteiger partial charge >= 0.3 is 0 Å². The van der Waals surface area contributed by atoms with Gasteiger partial charge in [0.15, 0.2) is 0 Å². The summed E-state index contributed by atoms with van der Waals surface area (Å²) in [4.78, 5) is 19.0. The molecule has 162 valence electrons. The Morgan fingerprint density at radius 3 is 2.71 bits per heavy atom. The summed E-state index contributed by atoms with van der Waals surface area (Å²) in [7, 11) is 0. The van der Waals surface area contributed by atoms with Gasteiger partial charge in [-0.05, 0) is 37.1 Å². The first kappa shape index (κ1) is 21.1. The Labute approximate surface area is 182 Å². The van der Waals surface area contributed by atoms with Crippen LogP contribution in [0.5, 0.6) is 5.75 Å². The van der Waals surface area contributed by atoms with Crippen LogP contribution in [0.25, 0.3) is 11.0 Å². The number of amides is 1. The van der Waals surface area contributed by atoms with Crippen molar-refractivity contribution in [1.82, 2.24) is 14.5 Å². The van der Waals surface area contributed by atoms with Gasteiger partial charge in [-0.1, -0.05) is 36.4 Å². The molecule has 1 N–H and O–H groups in total. The molecule has 0 unspecified atom stereocenters. The van der Waals surface area contributed by atoms with Crippen molar-refractivity contribution in [3.05, 3.63) is 72.1 Å². The number of rotatable bonds is 8. The number of aryl methyl sites for hydroxylation is 2. The van der Waals surface area contributed by atoms with Crippen molar-refractivity contribution in [2.24, 2.45) is 0 Å². The zero-order valence-electron chi connectivity index (χ0n) is 18.1. The lowest BCUT2D eigenvalue weighted by Crippen LogP contribution is -2.27. The number of aliphatic hydroxyl groups excluding tert-OH is 1. The average Bonchev–Trinajstić information content (AvgIpc) is 3.29. The molecule has 2 heterocycles. The number of hydrogen-bond acceptors (Lipinski definition) is 4. The van der Waals surface area contributed by atoms with E-state index in [9.17, 15) is 9.90 Å². The fourth-order valence-corrected chi connectivity index (χ4v) is 4.34. The van der Waals surface area contributed by atoms with E-state index in [1.807, 2.05) is 65.8 Å². The number of para-hydroxylation sites is 3. The van der Waals surface area contributed by atoms with Gasteiger partial charge in [-0.25, -0.2) is 4.98 Å². The monoisotopic (exact) mass is 419 g/mol. The highest BCUT2D eigenvalue weighted by atomic mass is 16.5. The van der Waals surface area contributed by atoms with Crippen molar-refractivity contribution < 1.29 is 14.6 Å². The topological polar surface area (TPSA) is 67.6 Å². The molecule has 1 amide bonds. The van der Waals surface area contributed by atoms with Crippen LogP contribution in [0.2, 0.25) is 0 Å². The Kier molecular flexibility index (Phi) is 6.09. The zero-order chi connectivity index (χ0) is 22.0. The van der Waals surface area contributed by atoms with E-state index in [2.05, 4.69) is 6.58 Å². The number of aliphatic hydroxyl groups is 1. The number of ether oxygens (including phenoxy) is 1. The number of nitrogens with zero attached hydrogens (tertiary/aromatic N) is 3. The van der Waals surface area contributed by atoms with E-state index in [1.54, 1.807) is 6.08 Å². The second-order valence-corrected chi connectivity index (χ2v) is 8.24. The van der Waals surface area contributed by atoms with Gasteiger partial charge in [0.25, 0.3) is 0 Å². The summed E-state index contributed by atoms with van der Waals surface area (Å²) >= 11 is 0. The number of aromatic nitrogens is 2. The second-order valence-electron chi connectivity index (χ2n) is 8.24. The molecule has 0 aliphatic carbocycles. The Balaban J connectivity index is 1.56. The van der Waals surface area contributed by atoms with E-state index in [1.165, 1.54) is 0 Å². The molecule has 1 saturated heterocycles. The molecule has 2 aromatic carbocycles. The average molecular weight is 420 g/mol. The Bertz CT molecular complexity index is 1080. The van der Waals surface area contributed by atoms with Crippen molar-refractivity contribution >= 4 is 16.9 Å². The molecule has 6 heteroatoms. The minimum absolute atomic E-state index is 0.00780. The van der Waals surface area contributed by atoms with Crippen LogP contribution in [-0.2, 0) is 11.3 Å². The number of likely N-dealkylation sites (tertiary alicyclic amines) is 1. The molecular weight excluding hydrogens is 390 g/mol. The first-order chi connectivity index (χ1) is 15.0. The summed E-state index contributed by atoms with van der Waals surface area (Å²) in [5, 5.41) is 10.8. The SMILES string of the molecule is C=CCN1C[C@@H](c2nc3ccccc3n2C[C@H](O)COc2c(C)cccc2C)CC1=O. The third-order valence-electron chi connectivity index (χ3n) is 5.84. The molecule has 2 atom stereocenters. The van der Waals surface area contributed by atoms with E-state index in [0.29, 0.717) is 26.1 Å². The van der Waals surface area contributed by atoms with Crippen LogP contribution in [0.15, 0.2) is 55.1 Å². The van der Waals surface area contributed by atoms with Crippen LogP contribution in [0.4, 0.5) is 0 Å². The lowest BCUT2D eigenvalue weighted by Gasteiger charge is -2.19. The summed E-state index contributed by atoms with van der Waals surface area (Å²) in [6.45, 7) is 9.44. The summed E-state index contributed by atoms with van der Waals surface area (Å²) < 4.78 is 8.01. The van der Waals surface area contributed by atoms with Crippen molar-refractivity contribution in [2.75, 3.05) is 19.7 Å². The predicted octanol–water partition coefficient (Wildman–Crippen LogP) is 3.59. The standard InChI is InChI=1S/C25H29N3O3/c1-4-12-27-14-19(13-23(27)30)25-26-21-10-5-6-11-22(21)28(25)15-20(29)16-31-24-17(2)8-7-9-18(24)3/h4-11,19-20,29H,1,12-16H2,2-3H3/t19-,20-/m0/s1. The summed E-state index contributed by atoms with van der Waals surface area (Å²) in [5.41, 5.74) is 3.92. The normalized spacial score (nSPS) is 17.3. The van der Waals surface area contributed by atoms with E-state index in [0.717, 1.165) is 33.7 Å². The van der Waals surface area contributed by atoms with Crippen LogP contribution >= 0.6 is 0 Å². The molecule has 1 aliphatic rings. The predicted molar refractivity (Wildman–Crippen MR) is 121 cm³/mol. The van der Waals surface area contributed by atoms with Crippen LogP contribution in [-0.4, -0.2) is 51.3 Å². The maximum atomic E-state index is 12.4. The summed E-state index contributed by atoms with van der Waals surface area (Å²) in [6.07, 6.45) is 1.46. The number of benzene rings is 2. The molecule has 0 spiro atoms. The largest absolute Gasteiger partial charge is 0.490 e. The van der Waals surface area contributed by atoms with Crippen LogP contribution in [0.1, 0.15) is 29.3 Å². The lowest BCUT2D eigenvalue weighted by atomic mass is 10.1. The highest BCUT2D eigenvalue weighted by Gasteiger charge is 2.33. The smallest absolute Gasteiger partial charge is 0.223 e. The van der Waals surface area contributed by atoms with Gasteiger partial charge in [0.2, 0.25) is 5.91 Å². The van der Waals surface area contributed by atoms with Crippen LogP contribution < -0.4 is 4.74 Å². The van der Waals surface area contributed by atoms with Gasteiger partial charge < -0.3 is 19.3 Å². The number of imidazole rings is 1. The van der Waals surface area contributed by atoms with Crippen molar-refractivity contribution in [1.29, 1.82) is 0 Å². The van der Waals surface area contributed by atoms with Crippen molar-refractivity contribution in [3.63, 3.8) is 0 Å². The Morgan fingerprint density at radius 1 is 1.23 bits per heavy atom. The van der Waals surface area contributed by atoms with Gasteiger partial charge in [0, 0.05) is 25.4 Å². The quantitative estimate of drug-likeness (QED) is 0.567. The first-order valence-electron chi connectivity index (χ1n) is 10.7. The lowest BCUT2D eigenvalue weighted by molar-refractivity contribution is -0.127. The van der Waals surface area contributed by atoms with Gasteiger partial charge in [0.1, 0.15) is 24.3 Å². The molecule has 31 heavy (non-hydrogen) atoms. The third-order valence-corrected chi connectivity index (χ3v) is 5.84. The fraction of sp³-hybridized carbons (Fsp3) is 0.360. The van der Waals surface area contributed by atoms with Crippen molar-refractivity contribution in [3.8, 4) is 5.75 Å². The van der Waals surface area contributed by atoms with Crippen LogP contribution in [0, 0.1) is 13.8 Å². The molecular formula is C25H29N3O3. The van der Waals surface area contributed by atoms with Crippen molar-refractivity contribution in [2.45, 2.75) is 38.8 Å². The molecule has 6 nitrogen and oxygen atoms in total. The molecule has 4 rings (SSSR count). The van der Waals surface area contributed by atoms with E-state index in [4.69, 9.17) is 9.72 Å². The minimum atomic E-state index is -0.711. The zero-order valence-corrected chi connectivity index (χ0v) is 18.1. The molecule has 3 aromatic rings. The molecule has 1 aromatic heterocycles. The summed E-state index contributed by atoms with van der Waals surface area (Å²) in [5.74, 6) is 1.76. The third kappa shape index (κ3) is 4.35. The molecule has 0 radical (unpaired) electrons. The molecule has 0 saturated carbocycles. The number of carbonyl (C=O) groups excluding carboxylic acids is 1.